The second-order valence-electron chi connectivity index (χ2n) is 5.32. The van der Waals surface area contributed by atoms with Crippen LogP contribution in [0.4, 0.5) is 0 Å². The Labute approximate surface area is 120 Å². The maximum Gasteiger partial charge on any atom is 0.0992 e. The van der Waals surface area contributed by atoms with Crippen LogP contribution in [0.5, 0.6) is 0 Å². The van der Waals surface area contributed by atoms with E-state index in [4.69, 9.17) is 16.9 Å². The van der Waals surface area contributed by atoms with Gasteiger partial charge in [-0.25, -0.2) is 0 Å². The summed E-state index contributed by atoms with van der Waals surface area (Å²) in [7, 11) is 2.18. The second kappa shape index (κ2) is 6.91. The molecule has 1 heterocycles. The summed E-state index contributed by atoms with van der Waals surface area (Å²) in [5, 5.41) is 12.9. The largest absolute Gasteiger partial charge is 0.312 e. The van der Waals surface area contributed by atoms with Crippen molar-refractivity contribution in [2.75, 3.05) is 26.7 Å². The third kappa shape index (κ3) is 4.21. The molecule has 0 bridgehead atoms. The summed E-state index contributed by atoms with van der Waals surface area (Å²) in [5.41, 5.74) is 1.67. The Morgan fingerprint density at radius 3 is 3.05 bits per heavy atom. The Hall–Kier alpha value is -1.08. The van der Waals surface area contributed by atoms with Crippen LogP contribution in [0.2, 0.25) is 5.02 Å². The van der Waals surface area contributed by atoms with Crippen LogP contribution in [0.1, 0.15) is 24.0 Å². The van der Waals surface area contributed by atoms with Crippen LogP contribution in [-0.2, 0) is 6.54 Å². The molecule has 1 N–H and O–H groups in total. The number of nitrogens with zero attached hydrogens (tertiary/aromatic N) is 2. The summed E-state index contributed by atoms with van der Waals surface area (Å²) < 4.78 is 0. The van der Waals surface area contributed by atoms with Crippen LogP contribution in [-0.4, -0.2) is 31.6 Å². The van der Waals surface area contributed by atoms with Gasteiger partial charge in [0.25, 0.3) is 0 Å². The molecule has 0 aromatic heterocycles. The first-order valence-electron chi connectivity index (χ1n) is 6.77. The van der Waals surface area contributed by atoms with Crippen LogP contribution in [0.25, 0.3) is 0 Å². The molecule has 1 aliphatic heterocycles. The zero-order valence-electron chi connectivity index (χ0n) is 11.3. The topological polar surface area (TPSA) is 39.1 Å². The van der Waals surface area contributed by atoms with E-state index in [1.807, 2.05) is 12.1 Å². The number of nitriles is 1. The van der Waals surface area contributed by atoms with Crippen molar-refractivity contribution in [1.82, 2.24) is 10.2 Å². The third-order valence-corrected chi connectivity index (χ3v) is 4.00. The van der Waals surface area contributed by atoms with Gasteiger partial charge in [-0.05, 0) is 56.6 Å². The van der Waals surface area contributed by atoms with Crippen molar-refractivity contribution >= 4 is 11.6 Å². The molecule has 1 atom stereocenters. The van der Waals surface area contributed by atoms with Crippen molar-refractivity contribution in [3.05, 3.63) is 34.3 Å². The molecular formula is C15H20ClN3. The fourth-order valence-corrected chi connectivity index (χ4v) is 2.86. The van der Waals surface area contributed by atoms with E-state index in [1.54, 1.807) is 6.07 Å². The van der Waals surface area contributed by atoms with E-state index in [0.717, 1.165) is 24.6 Å². The first kappa shape index (κ1) is 14.3. The van der Waals surface area contributed by atoms with Crippen LogP contribution < -0.4 is 5.32 Å². The number of likely N-dealkylation sites (tertiary alicyclic amines) is 1. The molecule has 0 saturated carbocycles. The standard InChI is InChI=1S/C15H20ClN3/c1-19-6-2-3-13(11-19)9-18-10-14-5-4-12(8-17)7-15(14)16/h4-5,7,13,18H,2-3,6,9-11H2,1H3. The molecule has 1 unspecified atom stereocenters. The van der Waals surface area contributed by atoms with Gasteiger partial charge in [-0.1, -0.05) is 17.7 Å². The minimum absolute atomic E-state index is 0.614. The SMILES string of the molecule is CN1CCCC(CNCc2ccc(C#N)cc2Cl)C1. The normalized spacial score (nSPS) is 20.2. The Balaban J connectivity index is 1.81. The zero-order chi connectivity index (χ0) is 13.7. The lowest BCUT2D eigenvalue weighted by Crippen LogP contribution is -2.37. The Bertz CT molecular complexity index is 467. The number of hydrogen-bond donors (Lipinski definition) is 1. The molecule has 3 nitrogen and oxygen atoms in total. The van der Waals surface area contributed by atoms with Crippen molar-refractivity contribution in [2.24, 2.45) is 5.92 Å². The van der Waals surface area contributed by atoms with Gasteiger partial charge in [0.15, 0.2) is 0 Å². The molecule has 19 heavy (non-hydrogen) atoms. The number of hydrogen-bond acceptors (Lipinski definition) is 3. The van der Waals surface area contributed by atoms with Crippen molar-refractivity contribution in [3.63, 3.8) is 0 Å². The average Bonchev–Trinajstić information content (AvgIpc) is 2.40. The molecule has 0 amide bonds. The molecule has 1 aliphatic rings. The highest BCUT2D eigenvalue weighted by atomic mass is 35.5. The van der Waals surface area contributed by atoms with Gasteiger partial charge in [0, 0.05) is 18.1 Å². The molecule has 102 valence electrons. The minimum Gasteiger partial charge on any atom is -0.312 e. The van der Waals surface area contributed by atoms with Gasteiger partial charge >= 0.3 is 0 Å². The first-order valence-corrected chi connectivity index (χ1v) is 7.14. The Morgan fingerprint density at radius 2 is 2.37 bits per heavy atom. The van der Waals surface area contributed by atoms with Crippen LogP contribution in [0, 0.1) is 17.2 Å². The average molecular weight is 278 g/mol. The summed E-state index contributed by atoms with van der Waals surface area (Å²) in [6.45, 7) is 4.19. The summed E-state index contributed by atoms with van der Waals surface area (Å²) in [6, 6.07) is 7.57. The van der Waals surface area contributed by atoms with Crippen LogP contribution in [0.15, 0.2) is 18.2 Å². The lowest BCUT2D eigenvalue weighted by Gasteiger charge is -2.29. The molecule has 1 fully saturated rings. The Morgan fingerprint density at radius 1 is 1.53 bits per heavy atom. The molecular weight excluding hydrogens is 258 g/mol. The summed E-state index contributed by atoms with van der Waals surface area (Å²) >= 11 is 6.15. The van der Waals surface area contributed by atoms with E-state index in [0.29, 0.717) is 10.6 Å². The molecule has 1 saturated heterocycles. The molecule has 0 radical (unpaired) electrons. The molecule has 1 aromatic carbocycles. The van der Waals surface area contributed by atoms with Crippen LogP contribution >= 0.6 is 11.6 Å². The monoisotopic (exact) mass is 277 g/mol. The second-order valence-corrected chi connectivity index (χ2v) is 5.73. The minimum atomic E-state index is 0.614. The smallest absolute Gasteiger partial charge is 0.0992 e. The van der Waals surface area contributed by atoms with Crippen molar-refractivity contribution in [2.45, 2.75) is 19.4 Å². The number of nitrogens with one attached hydrogen (secondary N) is 1. The van der Waals surface area contributed by atoms with Gasteiger partial charge in [-0.2, -0.15) is 5.26 Å². The van der Waals surface area contributed by atoms with E-state index in [1.165, 1.54) is 25.9 Å². The van der Waals surface area contributed by atoms with E-state index in [-0.39, 0.29) is 0 Å². The van der Waals surface area contributed by atoms with E-state index in [9.17, 15) is 0 Å². The summed E-state index contributed by atoms with van der Waals surface area (Å²) in [5.74, 6) is 0.732. The molecule has 0 aliphatic carbocycles. The highest BCUT2D eigenvalue weighted by Crippen LogP contribution is 2.18. The highest BCUT2D eigenvalue weighted by Gasteiger charge is 2.16. The number of piperidine rings is 1. The van der Waals surface area contributed by atoms with Crippen molar-refractivity contribution in [3.8, 4) is 6.07 Å². The first-order chi connectivity index (χ1) is 9.19. The maximum absolute atomic E-state index is 8.80. The molecule has 1 aromatic rings. The third-order valence-electron chi connectivity index (χ3n) is 3.65. The number of halogens is 1. The molecule has 0 spiro atoms. The van der Waals surface area contributed by atoms with E-state index in [2.05, 4.69) is 23.3 Å². The number of rotatable bonds is 4. The number of benzene rings is 1. The maximum atomic E-state index is 8.80. The fraction of sp³-hybridized carbons (Fsp3) is 0.533. The predicted octanol–water partition coefficient (Wildman–Crippen LogP) is 2.64. The van der Waals surface area contributed by atoms with Crippen molar-refractivity contribution < 1.29 is 0 Å². The van der Waals surface area contributed by atoms with Gasteiger partial charge in [0.05, 0.1) is 11.6 Å². The lowest BCUT2D eigenvalue weighted by molar-refractivity contribution is 0.206. The van der Waals surface area contributed by atoms with Gasteiger partial charge in [-0.15, -0.1) is 0 Å². The summed E-state index contributed by atoms with van der Waals surface area (Å²) in [6.07, 6.45) is 2.60. The highest BCUT2D eigenvalue weighted by molar-refractivity contribution is 6.31. The lowest BCUT2D eigenvalue weighted by atomic mass is 9.98. The van der Waals surface area contributed by atoms with Gasteiger partial charge in [-0.3, -0.25) is 0 Å². The molecule has 2 rings (SSSR count). The van der Waals surface area contributed by atoms with Gasteiger partial charge in [0.2, 0.25) is 0 Å². The van der Waals surface area contributed by atoms with Gasteiger partial charge in [0.1, 0.15) is 0 Å². The Kier molecular flexibility index (Phi) is 5.21. The fourth-order valence-electron chi connectivity index (χ4n) is 2.61. The summed E-state index contributed by atoms with van der Waals surface area (Å²) in [4.78, 5) is 2.39. The van der Waals surface area contributed by atoms with Gasteiger partial charge < -0.3 is 10.2 Å². The zero-order valence-corrected chi connectivity index (χ0v) is 12.1. The predicted molar refractivity (Wildman–Crippen MR) is 78.1 cm³/mol. The van der Waals surface area contributed by atoms with Crippen LogP contribution in [0.3, 0.4) is 0 Å². The molecule has 4 heteroatoms. The quantitative estimate of drug-likeness (QED) is 0.920. The van der Waals surface area contributed by atoms with E-state index >= 15 is 0 Å². The van der Waals surface area contributed by atoms with Crippen molar-refractivity contribution in [1.29, 1.82) is 5.26 Å². The van der Waals surface area contributed by atoms with E-state index < -0.39 is 0 Å².